The summed E-state index contributed by atoms with van der Waals surface area (Å²) in [5, 5.41) is 10.00. The van der Waals surface area contributed by atoms with Crippen LogP contribution >= 0.6 is 0 Å². The molecule has 21 heavy (non-hydrogen) atoms. The summed E-state index contributed by atoms with van der Waals surface area (Å²) < 4.78 is 50.2. The van der Waals surface area contributed by atoms with Crippen molar-refractivity contribution in [2.24, 2.45) is 0 Å². The Morgan fingerprint density at radius 3 is 1.76 bits per heavy atom. The van der Waals surface area contributed by atoms with Crippen LogP contribution in [0, 0.1) is 0 Å². The van der Waals surface area contributed by atoms with Crippen LogP contribution in [-0.4, -0.2) is 24.5 Å². The van der Waals surface area contributed by atoms with E-state index in [4.69, 9.17) is 9.47 Å². The molecule has 0 aliphatic heterocycles. The minimum atomic E-state index is -4.83. The molecule has 1 aromatic rings. The van der Waals surface area contributed by atoms with Gasteiger partial charge in [0, 0.05) is 0 Å². The summed E-state index contributed by atoms with van der Waals surface area (Å²) in [7, 11) is 0. The highest BCUT2D eigenvalue weighted by molar-refractivity contribution is 5.49. The number of halogens is 3. The molecular formula is C15H21F3O3. The van der Waals surface area contributed by atoms with Gasteiger partial charge in [-0.05, 0) is 31.9 Å². The molecule has 0 heterocycles. The summed E-state index contributed by atoms with van der Waals surface area (Å²) in [5.74, 6) is -0.0134. The zero-order valence-corrected chi connectivity index (χ0v) is 12.5. The van der Waals surface area contributed by atoms with Gasteiger partial charge in [0.1, 0.15) is 11.5 Å². The Morgan fingerprint density at radius 2 is 1.43 bits per heavy atom. The molecule has 0 aromatic heterocycles. The summed E-state index contributed by atoms with van der Waals surface area (Å²) in [6.45, 7) is 4.92. The van der Waals surface area contributed by atoms with Crippen LogP contribution in [0.5, 0.6) is 11.5 Å². The summed E-state index contributed by atoms with van der Waals surface area (Å²) >= 11 is 0. The van der Waals surface area contributed by atoms with E-state index in [2.05, 4.69) is 0 Å². The summed E-state index contributed by atoms with van der Waals surface area (Å²) in [5.41, 5.74) is -3.42. The quantitative estimate of drug-likeness (QED) is 0.826. The third-order valence-electron chi connectivity index (χ3n) is 2.95. The van der Waals surface area contributed by atoms with E-state index in [9.17, 15) is 18.3 Å². The molecule has 0 bridgehead atoms. The molecular weight excluding hydrogens is 285 g/mol. The lowest BCUT2D eigenvalue weighted by molar-refractivity contribution is -0.259. The van der Waals surface area contributed by atoms with Crippen LogP contribution in [0.1, 0.15) is 39.2 Å². The third kappa shape index (κ3) is 4.03. The molecule has 1 atom stereocenters. The van der Waals surface area contributed by atoms with Crippen molar-refractivity contribution in [2.75, 3.05) is 13.2 Å². The molecule has 1 aromatic carbocycles. The fourth-order valence-corrected chi connectivity index (χ4v) is 1.80. The minimum absolute atomic E-state index is 0.00669. The number of benzene rings is 1. The molecule has 0 radical (unpaired) electrons. The molecule has 0 amide bonds. The third-order valence-corrected chi connectivity index (χ3v) is 2.95. The van der Waals surface area contributed by atoms with Gasteiger partial charge >= 0.3 is 6.18 Å². The first-order chi connectivity index (χ1) is 9.75. The molecule has 0 spiro atoms. The highest BCUT2D eigenvalue weighted by Gasteiger charge is 2.54. The summed E-state index contributed by atoms with van der Waals surface area (Å²) in [6, 6.07) is 4.36. The van der Waals surface area contributed by atoms with Gasteiger partial charge in [0.2, 0.25) is 0 Å². The molecule has 3 nitrogen and oxygen atoms in total. The highest BCUT2D eigenvalue weighted by Crippen LogP contribution is 2.46. The van der Waals surface area contributed by atoms with Crippen LogP contribution in [0.15, 0.2) is 18.2 Å². The second kappa shape index (κ2) is 7.02. The number of alkyl halides is 3. The standard InChI is InChI=1S/C15H21F3O3/c1-4-9-20-11-7-6-8-12(21-10-5-2)13(11)14(3,19)15(16,17)18/h6-8,19H,4-5,9-10H2,1-3H3. The molecule has 1 rings (SSSR count). The van der Waals surface area contributed by atoms with Gasteiger partial charge in [-0.15, -0.1) is 0 Å². The monoisotopic (exact) mass is 306 g/mol. The predicted octanol–water partition coefficient (Wildman–Crippen LogP) is 4.03. The number of aliphatic hydroxyl groups is 1. The van der Waals surface area contributed by atoms with Crippen LogP contribution in [-0.2, 0) is 5.60 Å². The van der Waals surface area contributed by atoms with Crippen molar-refractivity contribution in [3.8, 4) is 11.5 Å². The van der Waals surface area contributed by atoms with E-state index in [1.807, 2.05) is 13.8 Å². The molecule has 1 unspecified atom stereocenters. The van der Waals surface area contributed by atoms with Gasteiger partial charge < -0.3 is 14.6 Å². The molecule has 0 aliphatic carbocycles. The maximum absolute atomic E-state index is 13.2. The van der Waals surface area contributed by atoms with Crippen molar-refractivity contribution in [2.45, 2.75) is 45.4 Å². The van der Waals surface area contributed by atoms with Gasteiger partial charge in [-0.25, -0.2) is 0 Å². The van der Waals surface area contributed by atoms with E-state index in [1.54, 1.807) is 6.07 Å². The SMILES string of the molecule is CCCOc1cccc(OCCC)c1C(C)(O)C(F)(F)F. The zero-order valence-electron chi connectivity index (χ0n) is 12.5. The largest absolute Gasteiger partial charge is 0.493 e. The number of rotatable bonds is 7. The lowest BCUT2D eigenvalue weighted by Gasteiger charge is -2.30. The van der Waals surface area contributed by atoms with Gasteiger partial charge in [-0.3, -0.25) is 0 Å². The molecule has 120 valence electrons. The average molecular weight is 306 g/mol. The van der Waals surface area contributed by atoms with Crippen LogP contribution in [0.25, 0.3) is 0 Å². The van der Waals surface area contributed by atoms with E-state index >= 15 is 0 Å². The first-order valence-corrected chi connectivity index (χ1v) is 6.93. The van der Waals surface area contributed by atoms with Crippen molar-refractivity contribution in [1.82, 2.24) is 0 Å². The van der Waals surface area contributed by atoms with Gasteiger partial charge in [0.15, 0.2) is 5.60 Å². The van der Waals surface area contributed by atoms with Crippen molar-refractivity contribution in [3.05, 3.63) is 23.8 Å². The Labute approximate surface area is 122 Å². The lowest BCUT2D eigenvalue weighted by Crippen LogP contribution is -2.40. The molecule has 6 heteroatoms. The van der Waals surface area contributed by atoms with E-state index < -0.39 is 11.8 Å². The normalized spacial score (nSPS) is 14.6. The van der Waals surface area contributed by atoms with Crippen molar-refractivity contribution in [3.63, 3.8) is 0 Å². The molecule has 0 aliphatic rings. The van der Waals surface area contributed by atoms with Gasteiger partial charge in [0.05, 0.1) is 18.8 Å². The second-order valence-electron chi connectivity index (χ2n) is 4.90. The maximum atomic E-state index is 13.2. The van der Waals surface area contributed by atoms with E-state index in [1.165, 1.54) is 12.1 Å². The van der Waals surface area contributed by atoms with E-state index in [0.29, 0.717) is 19.8 Å². The molecule has 0 fully saturated rings. The zero-order chi connectivity index (χ0) is 16.1. The van der Waals surface area contributed by atoms with E-state index in [0.717, 1.165) is 0 Å². The topological polar surface area (TPSA) is 38.7 Å². The fraction of sp³-hybridized carbons (Fsp3) is 0.600. The minimum Gasteiger partial charge on any atom is -0.493 e. The summed E-state index contributed by atoms with van der Waals surface area (Å²) in [4.78, 5) is 0. The fourth-order valence-electron chi connectivity index (χ4n) is 1.80. The van der Waals surface area contributed by atoms with Crippen molar-refractivity contribution in [1.29, 1.82) is 0 Å². The molecule has 1 N–H and O–H groups in total. The van der Waals surface area contributed by atoms with Gasteiger partial charge in [0.25, 0.3) is 0 Å². The second-order valence-corrected chi connectivity index (χ2v) is 4.90. The lowest BCUT2D eigenvalue weighted by atomic mass is 9.93. The number of hydrogen-bond acceptors (Lipinski definition) is 3. The molecule has 0 saturated carbocycles. The first-order valence-electron chi connectivity index (χ1n) is 6.93. The Bertz CT molecular complexity index is 430. The number of ether oxygens (including phenoxy) is 2. The van der Waals surface area contributed by atoms with E-state index in [-0.39, 0.29) is 30.3 Å². The van der Waals surface area contributed by atoms with Gasteiger partial charge in [-0.2, -0.15) is 13.2 Å². The Balaban J connectivity index is 3.34. The van der Waals surface area contributed by atoms with Crippen LogP contribution < -0.4 is 9.47 Å². The first kappa shape index (κ1) is 17.6. The average Bonchev–Trinajstić information content (AvgIpc) is 2.41. The smallest absolute Gasteiger partial charge is 0.421 e. The summed E-state index contributed by atoms with van der Waals surface area (Å²) in [6.07, 6.45) is -3.54. The van der Waals surface area contributed by atoms with Crippen LogP contribution in [0.4, 0.5) is 13.2 Å². The predicted molar refractivity (Wildman–Crippen MR) is 73.6 cm³/mol. The van der Waals surface area contributed by atoms with Gasteiger partial charge in [-0.1, -0.05) is 19.9 Å². The van der Waals surface area contributed by atoms with Crippen LogP contribution in [0.3, 0.4) is 0 Å². The molecule has 0 saturated heterocycles. The number of hydrogen-bond donors (Lipinski definition) is 1. The van der Waals surface area contributed by atoms with Crippen molar-refractivity contribution >= 4 is 0 Å². The Morgan fingerprint density at radius 1 is 1.00 bits per heavy atom. The highest BCUT2D eigenvalue weighted by atomic mass is 19.4. The Hall–Kier alpha value is -1.43. The maximum Gasteiger partial charge on any atom is 0.421 e. The van der Waals surface area contributed by atoms with Crippen molar-refractivity contribution < 1.29 is 27.8 Å². The van der Waals surface area contributed by atoms with Crippen LogP contribution in [0.2, 0.25) is 0 Å². The Kier molecular flexibility index (Phi) is 5.89.